The molecule has 0 aliphatic carbocycles. The lowest BCUT2D eigenvalue weighted by molar-refractivity contribution is 0.206. The molecule has 0 unspecified atom stereocenters. The number of nitrogens with one attached hydrogen (secondary N) is 2. The van der Waals surface area contributed by atoms with Crippen LogP contribution >= 0.6 is 0 Å². The summed E-state index contributed by atoms with van der Waals surface area (Å²) in [5, 5.41) is 2.89. The van der Waals surface area contributed by atoms with Crippen molar-refractivity contribution in [3.63, 3.8) is 0 Å². The number of carbonyl (C=O) groups excluding carboxylic acids is 1. The molecule has 1 aromatic heterocycles. The lowest BCUT2D eigenvalue weighted by Crippen LogP contribution is -2.39. The largest absolute Gasteiger partial charge is 0.322 e. The van der Waals surface area contributed by atoms with Crippen molar-refractivity contribution in [2.75, 3.05) is 18.9 Å². The van der Waals surface area contributed by atoms with Gasteiger partial charge in [0, 0.05) is 18.8 Å². The predicted molar refractivity (Wildman–Crippen MR) is 99.5 cm³/mol. The molecule has 1 aliphatic heterocycles. The van der Waals surface area contributed by atoms with E-state index in [0.29, 0.717) is 25.2 Å². The number of nitrogens with zero attached hydrogens (tertiary/aromatic N) is 2. The van der Waals surface area contributed by atoms with E-state index in [1.807, 2.05) is 32.0 Å². The second kappa shape index (κ2) is 7.05. The molecule has 138 valence electrons. The van der Waals surface area contributed by atoms with Gasteiger partial charge in [0.15, 0.2) is 0 Å². The Kier molecular flexibility index (Phi) is 4.97. The van der Waals surface area contributed by atoms with Gasteiger partial charge in [-0.15, -0.1) is 0 Å². The van der Waals surface area contributed by atoms with Crippen LogP contribution in [0.5, 0.6) is 0 Å². The van der Waals surface area contributed by atoms with Crippen molar-refractivity contribution in [3.05, 3.63) is 52.8 Å². The summed E-state index contributed by atoms with van der Waals surface area (Å²) in [6.45, 7) is 4.57. The number of aryl methyl sites for hydroxylation is 2. The molecule has 0 bridgehead atoms. The Morgan fingerprint density at radius 2 is 1.96 bits per heavy atom. The van der Waals surface area contributed by atoms with Crippen LogP contribution in [0.25, 0.3) is 0 Å². The van der Waals surface area contributed by atoms with E-state index < -0.39 is 10.0 Å². The summed E-state index contributed by atoms with van der Waals surface area (Å²) in [4.78, 5) is 18.9. The minimum atomic E-state index is -3.51. The number of pyridine rings is 1. The summed E-state index contributed by atoms with van der Waals surface area (Å²) >= 11 is 0. The van der Waals surface area contributed by atoms with Crippen molar-refractivity contribution < 1.29 is 13.2 Å². The number of carbonyl (C=O) groups is 1. The monoisotopic (exact) mass is 374 g/mol. The van der Waals surface area contributed by atoms with Crippen LogP contribution in [-0.4, -0.2) is 37.9 Å². The fourth-order valence-corrected chi connectivity index (χ4v) is 4.16. The molecule has 0 saturated heterocycles. The molecule has 2 N–H and O–H groups in total. The first-order valence-electron chi connectivity index (χ1n) is 8.36. The molecular formula is C18H22N4O3S. The lowest BCUT2D eigenvalue weighted by Gasteiger charge is -2.30. The van der Waals surface area contributed by atoms with Gasteiger partial charge in [-0.25, -0.2) is 17.9 Å². The van der Waals surface area contributed by atoms with Gasteiger partial charge in [0.1, 0.15) is 0 Å². The van der Waals surface area contributed by atoms with Crippen LogP contribution in [0.2, 0.25) is 0 Å². The second-order valence-electron chi connectivity index (χ2n) is 6.29. The smallest absolute Gasteiger partial charge is 0.320 e. The molecule has 2 amide bonds. The maximum Gasteiger partial charge on any atom is 0.322 e. The third kappa shape index (κ3) is 3.56. The first-order chi connectivity index (χ1) is 12.3. The molecular weight excluding hydrogens is 352 g/mol. The van der Waals surface area contributed by atoms with Gasteiger partial charge in [-0.1, -0.05) is 12.1 Å². The quantitative estimate of drug-likeness (QED) is 0.862. The zero-order valence-electron chi connectivity index (χ0n) is 15.0. The van der Waals surface area contributed by atoms with E-state index in [1.165, 1.54) is 7.05 Å². The van der Waals surface area contributed by atoms with Gasteiger partial charge in [-0.05, 0) is 56.6 Å². The highest BCUT2D eigenvalue weighted by Crippen LogP contribution is 2.26. The Hall–Kier alpha value is -2.45. The maximum absolute atomic E-state index is 12.6. The van der Waals surface area contributed by atoms with Crippen LogP contribution in [-0.2, 0) is 23.0 Å². The number of sulfonamides is 1. The summed E-state index contributed by atoms with van der Waals surface area (Å²) in [6.07, 6.45) is 0.491. The summed E-state index contributed by atoms with van der Waals surface area (Å²) in [6, 6.07) is 8.64. The summed E-state index contributed by atoms with van der Waals surface area (Å²) in [5.41, 5.74) is 3.96. The highest BCUT2D eigenvalue weighted by Gasteiger charge is 2.26. The van der Waals surface area contributed by atoms with Crippen LogP contribution in [0.1, 0.15) is 22.5 Å². The van der Waals surface area contributed by atoms with Gasteiger partial charge in [-0.2, -0.15) is 0 Å². The van der Waals surface area contributed by atoms with Crippen molar-refractivity contribution in [1.29, 1.82) is 0 Å². The Labute approximate surface area is 153 Å². The van der Waals surface area contributed by atoms with Crippen molar-refractivity contribution in [2.45, 2.75) is 31.7 Å². The normalized spacial score (nSPS) is 14.0. The molecule has 8 heteroatoms. The molecule has 2 heterocycles. The third-order valence-corrected chi connectivity index (χ3v) is 6.03. The fourth-order valence-electron chi connectivity index (χ4n) is 3.12. The van der Waals surface area contributed by atoms with Crippen LogP contribution in [0.3, 0.4) is 0 Å². The number of anilines is 1. The van der Waals surface area contributed by atoms with E-state index in [1.54, 1.807) is 17.0 Å². The Bertz CT molecular complexity index is 957. The second-order valence-corrected chi connectivity index (χ2v) is 8.14. The Balaban J connectivity index is 1.80. The van der Waals surface area contributed by atoms with Gasteiger partial charge in [0.05, 0.1) is 16.3 Å². The van der Waals surface area contributed by atoms with Crippen LogP contribution in [0.4, 0.5) is 10.5 Å². The molecule has 0 saturated carbocycles. The average molecular weight is 374 g/mol. The van der Waals surface area contributed by atoms with E-state index in [-0.39, 0.29) is 10.9 Å². The molecule has 26 heavy (non-hydrogen) atoms. The van der Waals surface area contributed by atoms with Gasteiger partial charge >= 0.3 is 6.03 Å². The van der Waals surface area contributed by atoms with Crippen molar-refractivity contribution in [1.82, 2.24) is 14.6 Å². The van der Waals surface area contributed by atoms with E-state index in [2.05, 4.69) is 15.0 Å². The summed E-state index contributed by atoms with van der Waals surface area (Å²) < 4.78 is 26.7. The van der Waals surface area contributed by atoms with Crippen molar-refractivity contribution in [3.8, 4) is 0 Å². The number of fused-ring (bicyclic) bond motifs is 1. The van der Waals surface area contributed by atoms with Gasteiger partial charge in [-0.3, -0.25) is 4.98 Å². The predicted octanol–water partition coefficient (Wildman–Crippen LogP) is 2.20. The number of hydrogen-bond acceptors (Lipinski definition) is 4. The highest BCUT2D eigenvalue weighted by molar-refractivity contribution is 7.89. The minimum absolute atomic E-state index is 0.216. The standard InChI is InChI=1S/C18H22N4O3S/c1-12-7-8-16(13(2)20-12)21-18(23)22-10-9-15-14(11-22)5-4-6-17(15)26(24,25)19-3/h4-8,19H,9-11H2,1-3H3,(H,21,23). The first kappa shape index (κ1) is 18.3. The van der Waals surface area contributed by atoms with Gasteiger partial charge in [0.2, 0.25) is 10.0 Å². The molecule has 1 aromatic carbocycles. The van der Waals surface area contributed by atoms with E-state index in [4.69, 9.17) is 0 Å². The number of amides is 2. The van der Waals surface area contributed by atoms with Crippen molar-refractivity contribution in [2.24, 2.45) is 0 Å². The summed E-state index contributed by atoms with van der Waals surface area (Å²) in [5.74, 6) is 0. The molecule has 0 radical (unpaired) electrons. The lowest BCUT2D eigenvalue weighted by atomic mass is 10.00. The van der Waals surface area contributed by atoms with E-state index in [9.17, 15) is 13.2 Å². The van der Waals surface area contributed by atoms with Crippen molar-refractivity contribution >= 4 is 21.7 Å². The van der Waals surface area contributed by atoms with Gasteiger partial charge in [0.25, 0.3) is 0 Å². The Morgan fingerprint density at radius 1 is 1.19 bits per heavy atom. The van der Waals surface area contributed by atoms with Crippen LogP contribution < -0.4 is 10.0 Å². The molecule has 2 aromatic rings. The molecule has 0 spiro atoms. The minimum Gasteiger partial charge on any atom is -0.320 e. The number of hydrogen-bond donors (Lipinski definition) is 2. The number of rotatable bonds is 3. The number of benzene rings is 1. The van der Waals surface area contributed by atoms with E-state index >= 15 is 0 Å². The molecule has 0 fully saturated rings. The van der Waals surface area contributed by atoms with Crippen LogP contribution in [0, 0.1) is 13.8 Å². The average Bonchev–Trinajstić information content (AvgIpc) is 2.63. The zero-order chi connectivity index (χ0) is 18.9. The number of urea groups is 1. The molecule has 0 atom stereocenters. The molecule has 3 rings (SSSR count). The topological polar surface area (TPSA) is 91.4 Å². The molecule has 7 nitrogen and oxygen atoms in total. The van der Waals surface area contributed by atoms with E-state index in [0.717, 1.165) is 22.5 Å². The number of aromatic nitrogens is 1. The molecule has 1 aliphatic rings. The van der Waals surface area contributed by atoms with Gasteiger partial charge < -0.3 is 10.2 Å². The highest BCUT2D eigenvalue weighted by atomic mass is 32.2. The SMILES string of the molecule is CNS(=O)(=O)c1cccc2c1CCN(C(=O)Nc1ccc(C)nc1C)C2. The zero-order valence-corrected chi connectivity index (χ0v) is 15.9. The summed E-state index contributed by atoms with van der Waals surface area (Å²) in [7, 11) is -2.11. The third-order valence-electron chi connectivity index (χ3n) is 4.54. The fraction of sp³-hybridized carbons (Fsp3) is 0.333. The van der Waals surface area contributed by atoms with Crippen LogP contribution in [0.15, 0.2) is 35.2 Å². The first-order valence-corrected chi connectivity index (χ1v) is 9.84. The maximum atomic E-state index is 12.6. The Morgan fingerprint density at radius 3 is 2.65 bits per heavy atom.